The Morgan fingerprint density at radius 1 is 1.11 bits per heavy atom. The first-order valence-corrected chi connectivity index (χ1v) is 8.82. The molecule has 0 saturated carbocycles. The summed E-state index contributed by atoms with van der Waals surface area (Å²) in [5, 5.41) is 4.24. The first kappa shape index (κ1) is 19.2. The maximum absolute atomic E-state index is 14.1. The number of nitrogens with one attached hydrogen (secondary N) is 1. The van der Waals surface area contributed by atoms with Crippen molar-refractivity contribution in [1.29, 1.82) is 0 Å². The first-order valence-electron chi connectivity index (χ1n) is 8.44. The number of hydrogen-bond donors (Lipinski definition) is 1. The van der Waals surface area contributed by atoms with E-state index in [0.29, 0.717) is 34.5 Å². The van der Waals surface area contributed by atoms with E-state index in [-0.39, 0.29) is 0 Å². The van der Waals surface area contributed by atoms with Gasteiger partial charge >= 0.3 is 0 Å². The van der Waals surface area contributed by atoms with Crippen LogP contribution in [-0.2, 0) is 0 Å². The predicted octanol–water partition coefficient (Wildman–Crippen LogP) is 4.72. The zero-order valence-corrected chi connectivity index (χ0v) is 16.2. The summed E-state index contributed by atoms with van der Waals surface area (Å²) in [7, 11) is 5.55. The molecule has 7 heteroatoms. The molecular formula is C20H21ClFN3O2. The van der Waals surface area contributed by atoms with E-state index >= 15 is 0 Å². The Morgan fingerprint density at radius 2 is 1.93 bits per heavy atom. The van der Waals surface area contributed by atoms with Crippen LogP contribution >= 0.6 is 11.6 Å². The summed E-state index contributed by atoms with van der Waals surface area (Å²) < 4.78 is 25.4. The van der Waals surface area contributed by atoms with Gasteiger partial charge in [-0.25, -0.2) is 4.39 Å². The fraction of sp³-hybridized carbons (Fsp3) is 0.250. The van der Waals surface area contributed by atoms with Gasteiger partial charge in [0, 0.05) is 34.9 Å². The Labute approximate surface area is 162 Å². The summed E-state index contributed by atoms with van der Waals surface area (Å²) in [6, 6.07) is 9.94. The molecule has 5 nitrogen and oxygen atoms in total. The molecule has 0 radical (unpaired) electrons. The summed E-state index contributed by atoms with van der Waals surface area (Å²) in [5.41, 5.74) is 1.76. The number of pyridine rings is 1. The third-order valence-corrected chi connectivity index (χ3v) is 4.26. The fourth-order valence-electron chi connectivity index (χ4n) is 2.61. The SMILES string of the molecule is COc1cc2c(Nc3ccc(Cl)cc3F)ccnc2cc1OCCN(C)C. The summed E-state index contributed by atoms with van der Waals surface area (Å²) in [4.78, 5) is 6.43. The third kappa shape index (κ3) is 4.59. The van der Waals surface area contributed by atoms with Crippen LogP contribution in [0.4, 0.5) is 15.8 Å². The molecule has 27 heavy (non-hydrogen) atoms. The average molecular weight is 390 g/mol. The van der Waals surface area contributed by atoms with Crippen LogP contribution in [0.3, 0.4) is 0 Å². The van der Waals surface area contributed by atoms with Crippen molar-refractivity contribution in [3.05, 3.63) is 53.4 Å². The van der Waals surface area contributed by atoms with Gasteiger partial charge < -0.3 is 19.7 Å². The van der Waals surface area contributed by atoms with Crippen LogP contribution in [0.1, 0.15) is 0 Å². The zero-order valence-electron chi connectivity index (χ0n) is 15.4. The Morgan fingerprint density at radius 3 is 2.63 bits per heavy atom. The van der Waals surface area contributed by atoms with Crippen LogP contribution in [0.5, 0.6) is 11.5 Å². The summed E-state index contributed by atoms with van der Waals surface area (Å²) >= 11 is 5.82. The van der Waals surface area contributed by atoms with Crippen LogP contribution in [0.15, 0.2) is 42.6 Å². The van der Waals surface area contributed by atoms with Crippen LogP contribution in [0.2, 0.25) is 5.02 Å². The molecule has 0 amide bonds. The number of likely N-dealkylation sites (N-methyl/N-ethyl adjacent to an activating group) is 1. The highest BCUT2D eigenvalue weighted by atomic mass is 35.5. The second kappa shape index (κ2) is 8.41. The standard InChI is InChI=1S/C20H21ClFN3O2/c1-25(2)8-9-27-20-12-18-14(11-19(20)26-3)16(6-7-23-18)24-17-5-4-13(21)10-15(17)22/h4-7,10-12H,8-9H2,1-3H3,(H,23,24). The summed E-state index contributed by atoms with van der Waals surface area (Å²) in [5.74, 6) is 0.783. The van der Waals surface area contributed by atoms with Gasteiger partial charge in [0.05, 0.1) is 18.3 Å². The van der Waals surface area contributed by atoms with Gasteiger partial charge in [-0.2, -0.15) is 0 Å². The van der Waals surface area contributed by atoms with E-state index in [1.807, 2.05) is 31.1 Å². The van der Waals surface area contributed by atoms with E-state index < -0.39 is 5.82 Å². The highest BCUT2D eigenvalue weighted by Crippen LogP contribution is 2.36. The van der Waals surface area contributed by atoms with Crippen LogP contribution in [-0.4, -0.2) is 44.2 Å². The van der Waals surface area contributed by atoms with Gasteiger partial charge in [-0.1, -0.05) is 11.6 Å². The molecule has 3 rings (SSSR count). The molecule has 0 aliphatic rings. The first-order chi connectivity index (χ1) is 13.0. The molecule has 142 valence electrons. The number of benzene rings is 2. The van der Waals surface area contributed by atoms with Gasteiger partial charge in [0.15, 0.2) is 11.5 Å². The minimum Gasteiger partial charge on any atom is -0.493 e. The lowest BCUT2D eigenvalue weighted by atomic mass is 10.1. The maximum atomic E-state index is 14.1. The highest BCUT2D eigenvalue weighted by molar-refractivity contribution is 6.30. The lowest BCUT2D eigenvalue weighted by Gasteiger charge is -2.16. The van der Waals surface area contributed by atoms with E-state index in [4.69, 9.17) is 21.1 Å². The van der Waals surface area contributed by atoms with Crippen LogP contribution in [0, 0.1) is 5.82 Å². The molecule has 0 unspecified atom stereocenters. The number of rotatable bonds is 7. The molecule has 0 aliphatic heterocycles. The fourth-order valence-corrected chi connectivity index (χ4v) is 2.77. The Bertz CT molecular complexity index is 950. The molecule has 1 aromatic heterocycles. The van der Waals surface area contributed by atoms with Crippen LogP contribution < -0.4 is 14.8 Å². The van der Waals surface area contributed by atoms with Gasteiger partial charge in [-0.05, 0) is 44.4 Å². The number of methoxy groups -OCH3 is 1. The molecule has 0 aliphatic carbocycles. The normalized spacial score (nSPS) is 11.0. The second-order valence-corrected chi connectivity index (χ2v) is 6.72. The largest absolute Gasteiger partial charge is 0.493 e. The van der Waals surface area contributed by atoms with Crippen molar-refractivity contribution in [3.8, 4) is 11.5 Å². The predicted molar refractivity (Wildman–Crippen MR) is 107 cm³/mol. The molecule has 0 bridgehead atoms. The monoisotopic (exact) mass is 389 g/mol. The van der Waals surface area contributed by atoms with Crippen molar-refractivity contribution in [2.45, 2.75) is 0 Å². The number of anilines is 2. The molecular weight excluding hydrogens is 369 g/mol. The highest BCUT2D eigenvalue weighted by Gasteiger charge is 2.12. The van der Waals surface area contributed by atoms with E-state index in [9.17, 15) is 4.39 Å². The van der Waals surface area contributed by atoms with Gasteiger partial charge in [0.25, 0.3) is 0 Å². The summed E-state index contributed by atoms with van der Waals surface area (Å²) in [6.07, 6.45) is 1.66. The van der Waals surface area contributed by atoms with E-state index in [1.54, 1.807) is 31.5 Å². The second-order valence-electron chi connectivity index (χ2n) is 6.28. The van der Waals surface area contributed by atoms with E-state index in [2.05, 4.69) is 10.3 Å². The van der Waals surface area contributed by atoms with Crippen molar-refractivity contribution in [2.75, 3.05) is 39.7 Å². The van der Waals surface area contributed by atoms with Gasteiger partial charge in [0.1, 0.15) is 12.4 Å². The minimum absolute atomic E-state index is 0.331. The lowest BCUT2D eigenvalue weighted by molar-refractivity contribution is 0.251. The maximum Gasteiger partial charge on any atom is 0.163 e. The average Bonchev–Trinajstić information content (AvgIpc) is 2.63. The Kier molecular flexibility index (Phi) is 5.98. The molecule has 3 aromatic rings. The zero-order chi connectivity index (χ0) is 19.4. The molecule has 0 spiro atoms. The molecule has 1 heterocycles. The Hall–Kier alpha value is -2.57. The molecule has 1 N–H and O–H groups in total. The lowest BCUT2D eigenvalue weighted by Crippen LogP contribution is -2.19. The molecule has 0 fully saturated rings. The number of halogens is 2. The van der Waals surface area contributed by atoms with E-state index in [0.717, 1.165) is 17.4 Å². The Balaban J connectivity index is 1.95. The van der Waals surface area contributed by atoms with E-state index in [1.165, 1.54) is 6.07 Å². The van der Waals surface area contributed by atoms with Gasteiger partial charge in [-0.15, -0.1) is 0 Å². The molecule has 0 saturated heterocycles. The summed E-state index contributed by atoms with van der Waals surface area (Å²) in [6.45, 7) is 1.31. The van der Waals surface area contributed by atoms with Crippen molar-refractivity contribution in [3.63, 3.8) is 0 Å². The van der Waals surface area contributed by atoms with Crippen molar-refractivity contribution in [1.82, 2.24) is 9.88 Å². The number of nitrogens with zero attached hydrogens (tertiary/aromatic N) is 2. The molecule has 2 aromatic carbocycles. The van der Waals surface area contributed by atoms with Crippen LogP contribution in [0.25, 0.3) is 10.9 Å². The topological polar surface area (TPSA) is 46.6 Å². The van der Waals surface area contributed by atoms with Gasteiger partial charge in [-0.3, -0.25) is 4.98 Å². The number of ether oxygens (including phenoxy) is 2. The number of aromatic nitrogens is 1. The minimum atomic E-state index is -0.428. The van der Waals surface area contributed by atoms with Crippen molar-refractivity contribution >= 4 is 33.9 Å². The number of hydrogen-bond acceptors (Lipinski definition) is 5. The van der Waals surface area contributed by atoms with Crippen molar-refractivity contribution < 1.29 is 13.9 Å². The smallest absolute Gasteiger partial charge is 0.163 e. The number of fused-ring (bicyclic) bond motifs is 1. The molecule has 0 atom stereocenters. The third-order valence-electron chi connectivity index (χ3n) is 4.02. The van der Waals surface area contributed by atoms with Gasteiger partial charge in [0.2, 0.25) is 0 Å². The van der Waals surface area contributed by atoms with Crippen molar-refractivity contribution in [2.24, 2.45) is 0 Å². The quantitative estimate of drug-likeness (QED) is 0.633.